The van der Waals surface area contributed by atoms with Gasteiger partial charge >= 0.3 is 5.97 Å². The third kappa shape index (κ3) is 2.05. The standard InChI is InChI=1S/C6H8BrN2O2P/c1-2-11-5(10)3-4(7)9-6(12)8-3/h2,12H2,1H3,(H,8,9). The fraction of sp³-hybridized carbons (Fsp3) is 0.333. The van der Waals surface area contributed by atoms with Gasteiger partial charge in [0.05, 0.1) is 6.61 Å². The summed E-state index contributed by atoms with van der Waals surface area (Å²) in [6, 6.07) is 0. The molecule has 0 spiro atoms. The zero-order chi connectivity index (χ0) is 9.14. The van der Waals surface area contributed by atoms with Gasteiger partial charge in [-0.15, -0.1) is 0 Å². The predicted octanol–water partition coefficient (Wildman–Crippen LogP) is 0.849. The fourth-order valence-corrected chi connectivity index (χ4v) is 1.62. The van der Waals surface area contributed by atoms with Crippen LogP contribution in [-0.2, 0) is 4.74 Å². The van der Waals surface area contributed by atoms with Gasteiger partial charge in [-0.3, -0.25) is 0 Å². The Balaban J connectivity index is 2.87. The van der Waals surface area contributed by atoms with E-state index < -0.39 is 5.97 Å². The van der Waals surface area contributed by atoms with E-state index in [-0.39, 0.29) is 0 Å². The van der Waals surface area contributed by atoms with Gasteiger partial charge in [0.25, 0.3) is 0 Å². The van der Waals surface area contributed by atoms with Gasteiger partial charge in [0.2, 0.25) is 0 Å². The van der Waals surface area contributed by atoms with Crippen LogP contribution in [0.4, 0.5) is 0 Å². The van der Waals surface area contributed by atoms with Crippen molar-refractivity contribution in [1.29, 1.82) is 0 Å². The van der Waals surface area contributed by atoms with E-state index in [4.69, 9.17) is 4.74 Å². The maximum Gasteiger partial charge on any atom is 0.357 e. The molecule has 1 N–H and O–H groups in total. The minimum Gasteiger partial charge on any atom is -0.461 e. The second-order valence-corrected chi connectivity index (χ2v) is 3.31. The Morgan fingerprint density at radius 1 is 1.83 bits per heavy atom. The van der Waals surface area contributed by atoms with Crippen molar-refractivity contribution in [2.75, 3.05) is 6.61 Å². The van der Waals surface area contributed by atoms with Crippen LogP contribution in [0, 0.1) is 0 Å². The van der Waals surface area contributed by atoms with Gasteiger partial charge in [-0.2, -0.15) is 0 Å². The number of esters is 1. The summed E-state index contributed by atoms with van der Waals surface area (Å²) in [5.74, 6) is -0.398. The number of hydrogen-bond acceptors (Lipinski definition) is 3. The van der Waals surface area contributed by atoms with Gasteiger partial charge in [-0.05, 0) is 22.9 Å². The van der Waals surface area contributed by atoms with Gasteiger partial charge in [-0.25, -0.2) is 9.78 Å². The fourth-order valence-electron chi connectivity index (χ4n) is 0.708. The van der Waals surface area contributed by atoms with Crippen molar-refractivity contribution >= 4 is 36.7 Å². The molecule has 1 unspecified atom stereocenters. The Bertz CT molecular complexity index is 300. The molecule has 4 nitrogen and oxygen atoms in total. The monoisotopic (exact) mass is 250 g/mol. The Morgan fingerprint density at radius 3 is 2.92 bits per heavy atom. The molecule has 1 aromatic heterocycles. The second-order valence-electron chi connectivity index (χ2n) is 2.01. The number of nitrogens with one attached hydrogen (secondary N) is 1. The molecule has 0 fully saturated rings. The molecule has 0 saturated carbocycles. The maximum atomic E-state index is 11.1. The topological polar surface area (TPSA) is 55.0 Å². The third-order valence-electron chi connectivity index (χ3n) is 1.16. The number of aromatic amines is 1. The van der Waals surface area contributed by atoms with Crippen molar-refractivity contribution in [3.05, 3.63) is 10.3 Å². The average Bonchev–Trinajstić information content (AvgIpc) is 2.30. The SMILES string of the molecule is CCOC(=O)c1[nH]c(P)nc1Br. The first-order valence-electron chi connectivity index (χ1n) is 3.33. The highest BCUT2D eigenvalue weighted by Gasteiger charge is 2.14. The first-order chi connectivity index (χ1) is 5.65. The lowest BCUT2D eigenvalue weighted by Gasteiger charge is -1.97. The lowest BCUT2D eigenvalue weighted by molar-refractivity contribution is 0.0519. The number of carbonyl (C=O) groups is 1. The number of rotatable bonds is 2. The van der Waals surface area contributed by atoms with Gasteiger partial charge in [0.1, 0.15) is 10.2 Å². The van der Waals surface area contributed by atoms with E-state index in [1.165, 1.54) is 0 Å². The molecule has 6 heteroatoms. The van der Waals surface area contributed by atoms with Gasteiger partial charge in [0.15, 0.2) is 5.69 Å². The number of halogens is 1. The number of ether oxygens (including phenoxy) is 1. The number of imidazole rings is 1. The lowest BCUT2D eigenvalue weighted by Crippen LogP contribution is -2.06. The maximum absolute atomic E-state index is 11.1. The number of nitrogens with zero attached hydrogens (tertiary/aromatic N) is 1. The van der Waals surface area contributed by atoms with Crippen LogP contribution in [0.3, 0.4) is 0 Å². The molecule has 0 amide bonds. The molecular weight excluding hydrogens is 243 g/mol. The van der Waals surface area contributed by atoms with Crippen LogP contribution in [0.2, 0.25) is 0 Å². The Kier molecular flexibility index (Phi) is 3.23. The molecule has 0 aliphatic rings. The van der Waals surface area contributed by atoms with Crippen LogP contribution in [0.5, 0.6) is 0 Å². The highest BCUT2D eigenvalue weighted by atomic mass is 79.9. The molecule has 66 valence electrons. The summed E-state index contributed by atoms with van der Waals surface area (Å²) < 4.78 is 5.25. The second kappa shape index (κ2) is 4.01. The van der Waals surface area contributed by atoms with Crippen LogP contribution < -0.4 is 5.57 Å². The normalized spacial score (nSPS) is 9.92. The molecule has 1 heterocycles. The summed E-state index contributed by atoms with van der Waals surface area (Å²) in [7, 11) is 2.36. The van der Waals surface area contributed by atoms with E-state index in [9.17, 15) is 4.79 Å². The van der Waals surface area contributed by atoms with Crippen molar-refractivity contribution in [3.63, 3.8) is 0 Å². The summed E-state index contributed by atoms with van der Waals surface area (Å²) in [4.78, 5) is 17.8. The van der Waals surface area contributed by atoms with Crippen molar-refractivity contribution < 1.29 is 9.53 Å². The van der Waals surface area contributed by atoms with Crippen molar-refractivity contribution in [1.82, 2.24) is 9.97 Å². The van der Waals surface area contributed by atoms with Crippen LogP contribution in [0.25, 0.3) is 0 Å². The molecule has 0 saturated heterocycles. The minimum atomic E-state index is -0.398. The van der Waals surface area contributed by atoms with E-state index >= 15 is 0 Å². The minimum absolute atomic E-state index is 0.349. The van der Waals surface area contributed by atoms with Crippen LogP contribution in [0.15, 0.2) is 4.60 Å². The molecule has 0 aromatic carbocycles. The zero-order valence-corrected chi connectivity index (χ0v) is 9.17. The predicted molar refractivity (Wildman–Crippen MR) is 51.6 cm³/mol. The molecule has 1 aromatic rings. The van der Waals surface area contributed by atoms with Gasteiger partial charge in [0, 0.05) is 0 Å². The van der Waals surface area contributed by atoms with E-state index in [2.05, 4.69) is 35.1 Å². The Hall–Kier alpha value is -0.410. The molecule has 1 atom stereocenters. The number of carbonyl (C=O) groups excluding carboxylic acids is 1. The van der Waals surface area contributed by atoms with Crippen LogP contribution in [-0.4, -0.2) is 22.5 Å². The smallest absolute Gasteiger partial charge is 0.357 e. The third-order valence-corrected chi connectivity index (χ3v) is 2.00. The molecule has 1 rings (SSSR count). The van der Waals surface area contributed by atoms with Crippen molar-refractivity contribution in [2.24, 2.45) is 0 Å². The van der Waals surface area contributed by atoms with Crippen LogP contribution >= 0.6 is 25.2 Å². The highest BCUT2D eigenvalue weighted by Crippen LogP contribution is 2.11. The molecule has 0 aliphatic carbocycles. The first-order valence-corrected chi connectivity index (χ1v) is 4.70. The highest BCUT2D eigenvalue weighted by molar-refractivity contribution is 9.10. The summed E-state index contributed by atoms with van der Waals surface area (Å²) in [6.45, 7) is 2.11. The van der Waals surface area contributed by atoms with E-state index in [1.807, 2.05) is 0 Å². The van der Waals surface area contributed by atoms with Crippen molar-refractivity contribution in [2.45, 2.75) is 6.92 Å². The zero-order valence-electron chi connectivity index (χ0n) is 6.43. The Labute approximate surface area is 80.4 Å². The molecule has 0 radical (unpaired) electrons. The summed E-state index contributed by atoms with van der Waals surface area (Å²) in [6.07, 6.45) is 0. The molecule has 12 heavy (non-hydrogen) atoms. The van der Waals surface area contributed by atoms with Gasteiger partial charge in [-0.1, -0.05) is 9.24 Å². The quantitative estimate of drug-likeness (QED) is 0.626. The van der Waals surface area contributed by atoms with Crippen molar-refractivity contribution in [3.8, 4) is 0 Å². The summed E-state index contributed by atoms with van der Waals surface area (Å²) in [5.41, 5.74) is 0.951. The first kappa shape index (κ1) is 9.68. The lowest BCUT2D eigenvalue weighted by atomic mass is 10.5. The summed E-state index contributed by atoms with van der Waals surface area (Å²) >= 11 is 3.13. The Morgan fingerprint density at radius 2 is 2.50 bits per heavy atom. The van der Waals surface area contributed by atoms with Gasteiger partial charge < -0.3 is 9.72 Å². The molecule has 0 bridgehead atoms. The number of H-pyrrole nitrogens is 1. The van der Waals surface area contributed by atoms with E-state index in [1.54, 1.807) is 6.92 Å². The number of aromatic nitrogens is 2. The van der Waals surface area contributed by atoms with Crippen LogP contribution in [0.1, 0.15) is 17.4 Å². The molecular formula is C6H8BrN2O2P. The summed E-state index contributed by atoms with van der Waals surface area (Å²) in [5, 5.41) is 0. The van der Waals surface area contributed by atoms with E-state index in [0.29, 0.717) is 22.5 Å². The largest absolute Gasteiger partial charge is 0.461 e. The molecule has 0 aliphatic heterocycles. The average molecular weight is 251 g/mol. The van der Waals surface area contributed by atoms with E-state index in [0.717, 1.165) is 0 Å². The number of hydrogen-bond donors (Lipinski definition) is 1.